The summed E-state index contributed by atoms with van der Waals surface area (Å²) in [5.74, 6) is -4.07. The first kappa shape index (κ1) is 42.4. The number of cyclic esters (lactones) is 1. The van der Waals surface area contributed by atoms with Crippen molar-refractivity contribution in [3.8, 4) is 0 Å². The minimum absolute atomic E-state index is 0.0137. The van der Waals surface area contributed by atoms with E-state index in [-0.39, 0.29) is 51.8 Å². The van der Waals surface area contributed by atoms with E-state index in [0.29, 0.717) is 0 Å². The van der Waals surface area contributed by atoms with E-state index in [2.05, 4.69) is 0 Å². The average molecular weight is 754 g/mol. The molecule has 14 heteroatoms. The molecule has 2 aromatic rings. The first-order valence-corrected chi connectivity index (χ1v) is 18.1. The Morgan fingerprint density at radius 2 is 1.50 bits per heavy atom. The number of nitrogens with zero attached hydrogens (tertiary/aromatic N) is 1. The van der Waals surface area contributed by atoms with Gasteiger partial charge in [0.05, 0.1) is 31.8 Å². The Morgan fingerprint density at radius 1 is 0.889 bits per heavy atom. The lowest BCUT2D eigenvalue weighted by molar-refractivity contribution is -0.319. The normalized spacial score (nSPS) is 24.0. The molecular formula is C40H51NO13. The zero-order valence-corrected chi connectivity index (χ0v) is 31.4. The molecule has 8 atom stereocenters. The second-order valence-corrected chi connectivity index (χ2v) is 13.5. The predicted octanol–water partition coefficient (Wildman–Crippen LogP) is 3.95. The summed E-state index contributed by atoms with van der Waals surface area (Å²) < 4.78 is 40.9. The molecule has 1 N–H and O–H groups in total. The third-order valence-electron chi connectivity index (χ3n) is 9.22. The highest BCUT2D eigenvalue weighted by molar-refractivity contribution is 6.04. The molecule has 2 fully saturated rings. The Kier molecular flexibility index (Phi) is 16.5. The molecule has 14 nitrogen and oxygen atoms in total. The Labute approximate surface area is 315 Å². The molecule has 2 heterocycles. The highest BCUT2D eigenvalue weighted by Gasteiger charge is 2.49. The van der Waals surface area contributed by atoms with Crippen LogP contribution in [-0.2, 0) is 65.5 Å². The highest BCUT2D eigenvalue weighted by Crippen LogP contribution is 2.30. The SMILES string of the molecule is CO[C@H]1O[C@H](CO)[C@@H](OCc2ccccc2)[C@H](OCc2ccccc2)[C@@H]1OCCCC(=O)C=CC(=O)[C@@H](OC(C)=O)[C@H](C)C(=O)N1C(=O)OC[C@@H]1C(C)C. The second kappa shape index (κ2) is 21.0. The number of imide groups is 1. The summed E-state index contributed by atoms with van der Waals surface area (Å²) in [5.41, 5.74) is 1.84. The first-order chi connectivity index (χ1) is 25.9. The van der Waals surface area contributed by atoms with Crippen LogP contribution in [0.4, 0.5) is 4.79 Å². The summed E-state index contributed by atoms with van der Waals surface area (Å²) in [6, 6.07) is 18.6. The van der Waals surface area contributed by atoms with Gasteiger partial charge < -0.3 is 38.3 Å². The van der Waals surface area contributed by atoms with Gasteiger partial charge in [-0.2, -0.15) is 0 Å². The number of amides is 2. The third-order valence-corrected chi connectivity index (χ3v) is 9.22. The van der Waals surface area contributed by atoms with E-state index in [0.717, 1.165) is 35.1 Å². The van der Waals surface area contributed by atoms with Crippen LogP contribution in [0.1, 0.15) is 51.7 Å². The van der Waals surface area contributed by atoms with Crippen LogP contribution < -0.4 is 0 Å². The molecule has 0 spiro atoms. The fourth-order valence-electron chi connectivity index (χ4n) is 6.25. The van der Waals surface area contributed by atoms with Gasteiger partial charge >= 0.3 is 12.1 Å². The van der Waals surface area contributed by atoms with Crippen LogP contribution in [0, 0.1) is 11.8 Å². The summed E-state index contributed by atoms with van der Waals surface area (Å²) in [4.78, 5) is 64.5. The van der Waals surface area contributed by atoms with Crippen LogP contribution in [0.25, 0.3) is 0 Å². The minimum Gasteiger partial charge on any atom is -0.453 e. The lowest BCUT2D eigenvalue weighted by Gasteiger charge is -2.45. The van der Waals surface area contributed by atoms with Crippen LogP contribution in [0.5, 0.6) is 0 Å². The maximum Gasteiger partial charge on any atom is 0.416 e. The van der Waals surface area contributed by atoms with Crippen molar-refractivity contribution in [2.75, 3.05) is 26.9 Å². The molecule has 54 heavy (non-hydrogen) atoms. The van der Waals surface area contributed by atoms with Crippen LogP contribution in [-0.4, -0.2) is 109 Å². The largest absolute Gasteiger partial charge is 0.453 e. The zero-order chi connectivity index (χ0) is 39.2. The van der Waals surface area contributed by atoms with Gasteiger partial charge in [0.2, 0.25) is 5.91 Å². The average Bonchev–Trinajstić information content (AvgIpc) is 3.57. The number of hydrogen-bond donors (Lipinski definition) is 1. The molecule has 2 aromatic carbocycles. The van der Waals surface area contributed by atoms with Gasteiger partial charge in [0.1, 0.15) is 31.0 Å². The van der Waals surface area contributed by atoms with Crippen LogP contribution in [0.2, 0.25) is 0 Å². The lowest BCUT2D eigenvalue weighted by atomic mass is 9.96. The van der Waals surface area contributed by atoms with Gasteiger partial charge in [0.15, 0.2) is 24.0 Å². The van der Waals surface area contributed by atoms with Gasteiger partial charge in [-0.05, 0) is 42.5 Å². The quantitative estimate of drug-likeness (QED) is 0.117. The topological polar surface area (TPSA) is 173 Å². The number of allylic oxidation sites excluding steroid dienone is 1. The highest BCUT2D eigenvalue weighted by atomic mass is 16.7. The van der Waals surface area contributed by atoms with Crippen molar-refractivity contribution in [2.45, 2.75) is 96.6 Å². The number of esters is 1. The monoisotopic (exact) mass is 753 g/mol. The van der Waals surface area contributed by atoms with Gasteiger partial charge in [0, 0.05) is 27.1 Å². The summed E-state index contributed by atoms with van der Waals surface area (Å²) >= 11 is 0. The summed E-state index contributed by atoms with van der Waals surface area (Å²) in [6.45, 7) is 6.32. The standard InChI is InChI=1S/C40H51NO13/c1-25(2)31-24-52-40(47)41(31)38(46)26(3)34(53-27(4)43)32(45)19-18-30(44)17-12-20-49-37-36(51-23-29-15-10-7-11-16-29)35(33(21-42)54-39(37)48-5)50-22-28-13-8-6-9-14-28/h6-11,13-16,18-19,25-26,31,33-37,39,42H,12,17,20-24H2,1-5H3/t26-,31+,33+,34-,35+,36-,37-,39-/m0/s1. The number of aliphatic hydroxyl groups is 1. The number of benzene rings is 2. The Bertz CT molecular complexity index is 1570. The number of carbonyl (C=O) groups excluding carboxylic acids is 5. The summed E-state index contributed by atoms with van der Waals surface area (Å²) in [7, 11) is 1.46. The molecule has 0 aliphatic carbocycles. The van der Waals surface area contributed by atoms with Crippen molar-refractivity contribution in [3.63, 3.8) is 0 Å². The van der Waals surface area contributed by atoms with Crippen molar-refractivity contribution in [3.05, 3.63) is 83.9 Å². The number of ether oxygens (including phenoxy) is 7. The maximum atomic E-state index is 13.3. The van der Waals surface area contributed by atoms with E-state index in [4.69, 9.17) is 33.2 Å². The van der Waals surface area contributed by atoms with Gasteiger partial charge in [-0.15, -0.1) is 0 Å². The molecule has 0 saturated carbocycles. The fraction of sp³-hybridized carbons (Fsp3) is 0.525. The van der Waals surface area contributed by atoms with Crippen molar-refractivity contribution in [2.24, 2.45) is 11.8 Å². The van der Waals surface area contributed by atoms with Gasteiger partial charge in [-0.1, -0.05) is 74.5 Å². The number of ketones is 2. The fourth-order valence-corrected chi connectivity index (χ4v) is 6.25. The van der Waals surface area contributed by atoms with Crippen LogP contribution in [0.3, 0.4) is 0 Å². The Balaban J connectivity index is 1.39. The number of carbonyl (C=O) groups is 5. The number of rotatable bonds is 20. The molecule has 2 aliphatic heterocycles. The van der Waals surface area contributed by atoms with E-state index in [1.54, 1.807) is 0 Å². The minimum atomic E-state index is -1.56. The van der Waals surface area contributed by atoms with Crippen molar-refractivity contribution >= 4 is 29.5 Å². The molecule has 2 aliphatic rings. The van der Waals surface area contributed by atoms with Crippen LogP contribution >= 0.6 is 0 Å². The predicted molar refractivity (Wildman–Crippen MR) is 192 cm³/mol. The summed E-state index contributed by atoms with van der Waals surface area (Å²) in [5, 5.41) is 10.3. The van der Waals surface area contributed by atoms with E-state index >= 15 is 0 Å². The molecule has 294 valence electrons. The maximum absolute atomic E-state index is 13.3. The molecular weight excluding hydrogens is 702 g/mol. The van der Waals surface area contributed by atoms with E-state index in [1.807, 2.05) is 74.5 Å². The van der Waals surface area contributed by atoms with Gasteiger partial charge in [0.25, 0.3) is 0 Å². The molecule has 2 saturated heterocycles. The molecule has 0 aromatic heterocycles. The first-order valence-electron chi connectivity index (χ1n) is 18.1. The van der Waals surface area contributed by atoms with Crippen molar-refractivity contribution in [1.82, 2.24) is 4.90 Å². The molecule has 0 unspecified atom stereocenters. The van der Waals surface area contributed by atoms with Gasteiger partial charge in [-0.3, -0.25) is 19.2 Å². The Morgan fingerprint density at radius 3 is 2.06 bits per heavy atom. The second-order valence-electron chi connectivity index (χ2n) is 13.5. The molecule has 0 bridgehead atoms. The number of aliphatic hydroxyl groups excluding tert-OH is 1. The van der Waals surface area contributed by atoms with Crippen molar-refractivity contribution < 1.29 is 62.2 Å². The van der Waals surface area contributed by atoms with E-state index in [9.17, 15) is 29.1 Å². The zero-order valence-electron chi connectivity index (χ0n) is 31.4. The number of methoxy groups -OCH3 is 1. The molecule has 2 amide bonds. The summed E-state index contributed by atoms with van der Waals surface area (Å²) in [6.07, 6.45) is -4.12. The molecule has 0 radical (unpaired) electrons. The lowest BCUT2D eigenvalue weighted by Crippen LogP contribution is -2.61. The number of hydrogen-bond acceptors (Lipinski definition) is 13. The smallest absolute Gasteiger partial charge is 0.416 e. The Hall–Kier alpha value is -4.31. The van der Waals surface area contributed by atoms with Crippen molar-refractivity contribution in [1.29, 1.82) is 0 Å². The van der Waals surface area contributed by atoms with E-state index in [1.165, 1.54) is 14.0 Å². The van der Waals surface area contributed by atoms with E-state index < -0.39 is 78.3 Å². The molecule has 4 rings (SSSR count). The van der Waals surface area contributed by atoms with Gasteiger partial charge in [-0.25, -0.2) is 9.69 Å². The third kappa shape index (κ3) is 11.6. The van der Waals surface area contributed by atoms with Crippen LogP contribution in [0.15, 0.2) is 72.8 Å².